The first-order valence-corrected chi connectivity index (χ1v) is 5.72. The zero-order valence-corrected chi connectivity index (χ0v) is 11.6. The summed E-state index contributed by atoms with van der Waals surface area (Å²) in [5.41, 5.74) is 0.593. The molecule has 0 aliphatic carbocycles. The first kappa shape index (κ1) is 21.3. The fraction of sp³-hybridized carbons (Fsp3) is 0.500. The summed E-state index contributed by atoms with van der Waals surface area (Å²) < 4.78 is 0. The number of nitro groups is 1. The molecule has 0 aliphatic rings. The van der Waals surface area contributed by atoms with Crippen molar-refractivity contribution >= 4 is 5.97 Å². The number of hydrogen-bond donors (Lipinski definition) is 1. The topological polar surface area (TPSA) is 93.3 Å². The first-order valence-electron chi connectivity index (χ1n) is 5.72. The van der Waals surface area contributed by atoms with Crippen LogP contribution in [-0.4, -0.2) is 28.0 Å². The molecule has 0 atom stereocenters. The van der Waals surface area contributed by atoms with Crippen LogP contribution in [0.5, 0.6) is 0 Å². The van der Waals surface area contributed by atoms with Gasteiger partial charge >= 0.3 is 5.97 Å². The summed E-state index contributed by atoms with van der Waals surface area (Å²) in [6, 6.07) is 5.21. The zero-order chi connectivity index (χ0) is 15.0. The summed E-state index contributed by atoms with van der Waals surface area (Å²) in [6.45, 7) is 8.00. The van der Waals surface area contributed by atoms with Crippen LogP contribution >= 0.6 is 0 Å². The molecule has 6 nitrogen and oxygen atoms in total. The maximum atomic E-state index is 10.1. The maximum Gasteiger partial charge on any atom is 0.309 e. The molecular formula is C12H22N2O4. The largest absolute Gasteiger partial charge is 0.481 e. The molecule has 0 saturated heterocycles. The Labute approximate surface area is 108 Å². The van der Waals surface area contributed by atoms with Crippen LogP contribution in [0.4, 0.5) is 0 Å². The molecule has 1 heterocycles. The van der Waals surface area contributed by atoms with Gasteiger partial charge in [0.1, 0.15) is 0 Å². The van der Waals surface area contributed by atoms with Crippen molar-refractivity contribution in [1.29, 1.82) is 0 Å². The van der Waals surface area contributed by atoms with Crippen LogP contribution in [0.25, 0.3) is 0 Å². The van der Waals surface area contributed by atoms with Crippen LogP contribution in [0.3, 0.4) is 0 Å². The molecule has 1 rings (SSSR count). The number of aromatic nitrogens is 1. The van der Waals surface area contributed by atoms with Gasteiger partial charge in [-0.3, -0.25) is 19.9 Å². The Morgan fingerprint density at radius 1 is 1.33 bits per heavy atom. The van der Waals surface area contributed by atoms with E-state index in [0.717, 1.165) is 7.05 Å². The number of nitrogens with zero attached hydrogens (tertiary/aromatic N) is 2. The molecule has 18 heavy (non-hydrogen) atoms. The number of aliphatic carboxylic acids is 1. The number of pyridine rings is 1. The van der Waals surface area contributed by atoms with Gasteiger partial charge in [0, 0.05) is 11.1 Å². The second-order valence-corrected chi connectivity index (χ2v) is 2.33. The molecule has 1 aromatic rings. The van der Waals surface area contributed by atoms with Gasteiger partial charge in [0.2, 0.25) is 0 Å². The lowest BCUT2D eigenvalue weighted by Crippen LogP contribution is -2.01. The van der Waals surface area contributed by atoms with Crippen LogP contribution in [0.15, 0.2) is 24.4 Å². The fourth-order valence-corrected chi connectivity index (χ4v) is 0.658. The van der Waals surface area contributed by atoms with Gasteiger partial charge in [-0.25, -0.2) is 0 Å². The third kappa shape index (κ3) is 23.7. The predicted octanol–water partition coefficient (Wildman–Crippen LogP) is 2.65. The second-order valence-electron chi connectivity index (χ2n) is 2.33. The Bertz CT molecular complexity index is 298. The minimum Gasteiger partial charge on any atom is -0.481 e. The predicted molar refractivity (Wildman–Crippen MR) is 71.2 cm³/mol. The number of carboxylic acids is 1. The van der Waals surface area contributed by atoms with Crippen LogP contribution in [-0.2, 0) is 11.2 Å². The minimum atomic E-state index is -0.848. The third-order valence-electron chi connectivity index (χ3n) is 1.06. The number of carbonyl (C=O) groups is 1. The van der Waals surface area contributed by atoms with Crippen molar-refractivity contribution in [2.75, 3.05) is 7.05 Å². The van der Waals surface area contributed by atoms with Crippen LogP contribution in [0, 0.1) is 10.1 Å². The van der Waals surface area contributed by atoms with Crippen molar-refractivity contribution in [3.05, 3.63) is 40.2 Å². The summed E-state index contributed by atoms with van der Waals surface area (Å²) in [4.78, 5) is 22.3. The Morgan fingerprint density at radius 2 is 1.78 bits per heavy atom. The van der Waals surface area contributed by atoms with Gasteiger partial charge in [0.05, 0.1) is 12.1 Å². The van der Waals surface area contributed by atoms with E-state index in [1.807, 2.05) is 27.7 Å². The lowest BCUT2D eigenvalue weighted by molar-refractivity contribution is -0.445. The van der Waals surface area contributed by atoms with E-state index in [4.69, 9.17) is 15.2 Å². The first-order chi connectivity index (χ1) is 8.52. The molecule has 104 valence electrons. The van der Waals surface area contributed by atoms with E-state index in [-0.39, 0.29) is 6.42 Å². The fourth-order valence-electron chi connectivity index (χ4n) is 0.658. The van der Waals surface area contributed by atoms with E-state index in [9.17, 15) is 4.79 Å². The average Bonchev–Trinajstić information content (AvgIpc) is 2.34. The number of hydrogen-bond acceptors (Lipinski definition) is 4. The summed E-state index contributed by atoms with van der Waals surface area (Å²) in [7, 11) is 0.889. The van der Waals surface area contributed by atoms with Gasteiger partial charge in [-0.1, -0.05) is 33.8 Å². The van der Waals surface area contributed by atoms with E-state index < -0.39 is 10.9 Å². The standard InChI is InChI=1S/C7H7NO2.2C2H6.CH3NO2/c9-7(10)5-6-3-1-2-4-8-6;2*1-2;1-2(3)4/h1-4H,5H2,(H,9,10);2*1-2H3;1H3. The average molecular weight is 258 g/mol. The smallest absolute Gasteiger partial charge is 0.309 e. The molecule has 0 saturated carbocycles. The van der Waals surface area contributed by atoms with Crippen molar-refractivity contribution in [1.82, 2.24) is 4.98 Å². The number of carboxylic acid groups (broad SMARTS) is 1. The molecule has 0 amide bonds. The third-order valence-corrected chi connectivity index (χ3v) is 1.06. The minimum absolute atomic E-state index is 0.000833. The Balaban J connectivity index is -0.000000238. The van der Waals surface area contributed by atoms with E-state index in [1.54, 1.807) is 24.4 Å². The summed E-state index contributed by atoms with van der Waals surface area (Å²) in [5, 5.41) is 17.1. The highest BCUT2D eigenvalue weighted by Crippen LogP contribution is 1.93. The van der Waals surface area contributed by atoms with Gasteiger partial charge in [0.25, 0.3) is 0 Å². The van der Waals surface area contributed by atoms with Gasteiger partial charge in [-0.15, -0.1) is 0 Å². The summed E-state index contributed by atoms with van der Waals surface area (Å²) in [5.74, 6) is -0.848. The Morgan fingerprint density at radius 3 is 2.06 bits per heavy atom. The molecule has 1 aromatic heterocycles. The van der Waals surface area contributed by atoms with Gasteiger partial charge in [-0.05, 0) is 12.1 Å². The Hall–Kier alpha value is -1.98. The summed E-state index contributed by atoms with van der Waals surface area (Å²) in [6.07, 6.45) is 1.58. The quantitative estimate of drug-likeness (QED) is 0.650. The maximum absolute atomic E-state index is 10.1. The van der Waals surface area contributed by atoms with E-state index in [2.05, 4.69) is 4.98 Å². The molecule has 0 aliphatic heterocycles. The van der Waals surface area contributed by atoms with Gasteiger partial charge < -0.3 is 5.11 Å². The van der Waals surface area contributed by atoms with Crippen molar-refractivity contribution in [3.63, 3.8) is 0 Å². The monoisotopic (exact) mass is 258 g/mol. The molecule has 0 radical (unpaired) electrons. The van der Waals surface area contributed by atoms with Gasteiger partial charge in [-0.2, -0.15) is 0 Å². The molecular weight excluding hydrogens is 236 g/mol. The molecule has 0 bridgehead atoms. The lowest BCUT2D eigenvalue weighted by atomic mass is 10.3. The highest BCUT2D eigenvalue weighted by Gasteiger charge is 1.98. The second kappa shape index (κ2) is 17.4. The zero-order valence-electron chi connectivity index (χ0n) is 11.6. The molecule has 6 heteroatoms. The van der Waals surface area contributed by atoms with Crippen molar-refractivity contribution in [3.8, 4) is 0 Å². The van der Waals surface area contributed by atoms with Crippen molar-refractivity contribution < 1.29 is 14.8 Å². The molecule has 0 fully saturated rings. The molecule has 0 spiro atoms. The molecule has 1 N–H and O–H groups in total. The normalized spacial score (nSPS) is 7.17. The lowest BCUT2D eigenvalue weighted by Gasteiger charge is -1.91. The van der Waals surface area contributed by atoms with Crippen LogP contribution in [0.1, 0.15) is 33.4 Å². The van der Waals surface area contributed by atoms with Crippen molar-refractivity contribution in [2.24, 2.45) is 0 Å². The van der Waals surface area contributed by atoms with E-state index in [1.165, 1.54) is 0 Å². The van der Waals surface area contributed by atoms with Crippen molar-refractivity contribution in [2.45, 2.75) is 34.1 Å². The van der Waals surface area contributed by atoms with E-state index in [0.29, 0.717) is 5.69 Å². The Kier molecular flexibility index (Phi) is 20.6. The molecule has 0 unspecified atom stereocenters. The number of rotatable bonds is 2. The van der Waals surface area contributed by atoms with E-state index >= 15 is 0 Å². The molecule has 0 aromatic carbocycles. The van der Waals surface area contributed by atoms with Crippen LogP contribution in [0.2, 0.25) is 0 Å². The summed E-state index contributed by atoms with van der Waals surface area (Å²) >= 11 is 0. The highest BCUT2D eigenvalue weighted by atomic mass is 16.6. The highest BCUT2D eigenvalue weighted by molar-refractivity contribution is 5.69. The van der Waals surface area contributed by atoms with Gasteiger partial charge in [0.15, 0.2) is 7.05 Å². The van der Waals surface area contributed by atoms with Crippen LogP contribution < -0.4 is 0 Å². The SMILES string of the molecule is CC.CC.C[N+](=O)[O-].O=C(O)Cc1ccccn1.